The van der Waals surface area contributed by atoms with Crippen LogP contribution in [-0.2, 0) is 14.1 Å². The molecule has 0 unspecified atom stereocenters. The van der Waals surface area contributed by atoms with Crippen LogP contribution in [0.5, 0.6) is 0 Å². The summed E-state index contributed by atoms with van der Waals surface area (Å²) in [7, 11) is -1.96. The predicted molar refractivity (Wildman–Crippen MR) is 59.4 cm³/mol. The van der Waals surface area contributed by atoms with Crippen molar-refractivity contribution in [2.75, 3.05) is 25.1 Å². The molecule has 0 rings (SSSR count). The highest BCUT2D eigenvalue weighted by Crippen LogP contribution is 2.45. The summed E-state index contributed by atoms with van der Waals surface area (Å²) >= 11 is 0. The van der Waals surface area contributed by atoms with E-state index in [1.54, 1.807) is 6.92 Å². The summed E-state index contributed by atoms with van der Waals surface area (Å²) in [4.78, 5) is 11.0. The Kier molecular flexibility index (Phi) is 6.90. The number of esters is 1. The van der Waals surface area contributed by atoms with Crippen LogP contribution in [0.2, 0.25) is 0 Å². The third-order valence-electron chi connectivity index (χ3n) is 2.40. The van der Waals surface area contributed by atoms with Gasteiger partial charge in [0, 0.05) is 12.6 Å². The van der Waals surface area contributed by atoms with Crippen molar-refractivity contribution < 1.29 is 14.1 Å². The first-order valence-corrected chi connectivity index (χ1v) is 7.57. The molecule has 0 spiro atoms. The number of ether oxygens (including phenoxy) is 1. The molecule has 84 valence electrons. The Hall–Kier alpha value is -0.300. The highest BCUT2D eigenvalue weighted by molar-refractivity contribution is 7.63. The highest BCUT2D eigenvalue weighted by atomic mass is 31.2. The van der Waals surface area contributed by atoms with E-state index in [0.717, 1.165) is 12.3 Å². The van der Waals surface area contributed by atoms with Gasteiger partial charge >= 0.3 is 5.97 Å². The van der Waals surface area contributed by atoms with Crippen LogP contribution in [0, 0.1) is 0 Å². The van der Waals surface area contributed by atoms with Gasteiger partial charge < -0.3 is 9.30 Å². The molecule has 0 heterocycles. The van der Waals surface area contributed by atoms with Gasteiger partial charge in [0.05, 0.1) is 13.7 Å². The van der Waals surface area contributed by atoms with Crippen molar-refractivity contribution in [3.8, 4) is 0 Å². The molecule has 0 aliphatic carbocycles. The van der Waals surface area contributed by atoms with E-state index in [-0.39, 0.29) is 5.97 Å². The standard InChI is InChI=1S/C10H21O3P/c1-4-13-10(11)8-7-9-14(12,5-2)6-3/h4-9H2,1-3H3. The van der Waals surface area contributed by atoms with Crippen LogP contribution < -0.4 is 0 Å². The first kappa shape index (κ1) is 13.7. The van der Waals surface area contributed by atoms with E-state index < -0.39 is 7.14 Å². The molecule has 0 aromatic carbocycles. The SMILES string of the molecule is CCOC(=O)CCCP(=O)(CC)CC. The Morgan fingerprint density at radius 2 is 1.79 bits per heavy atom. The second kappa shape index (κ2) is 7.05. The number of carbonyl (C=O) groups is 1. The van der Waals surface area contributed by atoms with E-state index in [4.69, 9.17) is 4.74 Å². The summed E-state index contributed by atoms with van der Waals surface area (Å²) in [5, 5.41) is 0. The first-order valence-electron chi connectivity index (χ1n) is 5.30. The van der Waals surface area contributed by atoms with E-state index in [1.165, 1.54) is 0 Å². The van der Waals surface area contributed by atoms with Crippen LogP contribution in [0.1, 0.15) is 33.6 Å². The fraction of sp³-hybridized carbons (Fsp3) is 0.900. The molecule has 0 atom stereocenters. The molecule has 0 aliphatic rings. The van der Waals surface area contributed by atoms with Crippen LogP contribution in [0.4, 0.5) is 0 Å². The van der Waals surface area contributed by atoms with Crippen LogP contribution >= 0.6 is 7.14 Å². The van der Waals surface area contributed by atoms with Crippen LogP contribution in [0.15, 0.2) is 0 Å². The lowest BCUT2D eigenvalue weighted by Crippen LogP contribution is -2.05. The topological polar surface area (TPSA) is 43.4 Å². The molecule has 0 amide bonds. The number of hydrogen-bond acceptors (Lipinski definition) is 3. The molecule has 0 aromatic heterocycles. The van der Waals surface area contributed by atoms with E-state index in [9.17, 15) is 9.36 Å². The van der Waals surface area contributed by atoms with Gasteiger partial charge in [0.1, 0.15) is 0 Å². The van der Waals surface area contributed by atoms with Gasteiger partial charge in [0.2, 0.25) is 0 Å². The van der Waals surface area contributed by atoms with E-state index >= 15 is 0 Å². The summed E-state index contributed by atoms with van der Waals surface area (Å²) in [5.74, 6) is -0.175. The van der Waals surface area contributed by atoms with Crippen molar-refractivity contribution in [3.63, 3.8) is 0 Å². The molecule has 0 fully saturated rings. The quantitative estimate of drug-likeness (QED) is 0.489. The van der Waals surface area contributed by atoms with Crippen molar-refractivity contribution in [1.82, 2.24) is 0 Å². The minimum atomic E-state index is -1.96. The Bertz CT molecular complexity index is 205. The van der Waals surface area contributed by atoms with Crippen LogP contribution in [0.3, 0.4) is 0 Å². The fourth-order valence-electron chi connectivity index (χ4n) is 1.28. The average Bonchev–Trinajstić information content (AvgIpc) is 2.18. The number of carbonyl (C=O) groups excluding carboxylic acids is 1. The van der Waals surface area contributed by atoms with Gasteiger partial charge in [0.25, 0.3) is 0 Å². The van der Waals surface area contributed by atoms with Crippen LogP contribution in [0.25, 0.3) is 0 Å². The van der Waals surface area contributed by atoms with Crippen molar-refractivity contribution in [1.29, 1.82) is 0 Å². The van der Waals surface area contributed by atoms with Gasteiger partial charge in [-0.1, -0.05) is 13.8 Å². The minimum absolute atomic E-state index is 0.175. The average molecular weight is 220 g/mol. The normalized spacial score (nSPS) is 11.4. The zero-order valence-corrected chi connectivity index (χ0v) is 10.3. The predicted octanol–water partition coefficient (Wildman–Crippen LogP) is 2.73. The number of hydrogen-bond donors (Lipinski definition) is 0. The third-order valence-corrected chi connectivity index (χ3v) is 5.84. The molecule has 0 saturated carbocycles. The monoisotopic (exact) mass is 220 g/mol. The fourth-order valence-corrected chi connectivity index (χ4v) is 3.10. The summed E-state index contributed by atoms with van der Waals surface area (Å²) in [5.41, 5.74) is 0. The Labute approximate surface area is 86.6 Å². The lowest BCUT2D eigenvalue weighted by atomic mass is 10.3. The highest BCUT2D eigenvalue weighted by Gasteiger charge is 2.16. The molecule has 0 aromatic rings. The zero-order chi connectivity index (χ0) is 11.0. The third kappa shape index (κ3) is 5.43. The maximum atomic E-state index is 11.9. The maximum absolute atomic E-state index is 11.9. The first-order chi connectivity index (χ1) is 6.58. The largest absolute Gasteiger partial charge is 0.466 e. The Morgan fingerprint density at radius 3 is 2.21 bits per heavy atom. The van der Waals surface area contributed by atoms with Crippen molar-refractivity contribution in [2.24, 2.45) is 0 Å². The maximum Gasteiger partial charge on any atom is 0.305 e. The van der Waals surface area contributed by atoms with Crippen molar-refractivity contribution in [2.45, 2.75) is 33.6 Å². The van der Waals surface area contributed by atoms with Gasteiger partial charge in [-0.3, -0.25) is 4.79 Å². The zero-order valence-electron chi connectivity index (χ0n) is 9.41. The Balaban J connectivity index is 3.72. The lowest BCUT2D eigenvalue weighted by Gasteiger charge is -2.13. The molecule has 3 nitrogen and oxygen atoms in total. The molecule has 4 heteroatoms. The molecular formula is C10H21O3P. The molecule has 14 heavy (non-hydrogen) atoms. The van der Waals surface area contributed by atoms with Gasteiger partial charge in [-0.05, 0) is 25.7 Å². The molecular weight excluding hydrogens is 199 g/mol. The summed E-state index contributed by atoms with van der Waals surface area (Å²) < 4.78 is 16.7. The van der Waals surface area contributed by atoms with Gasteiger partial charge in [-0.15, -0.1) is 0 Å². The van der Waals surface area contributed by atoms with E-state index in [1.807, 2.05) is 13.8 Å². The molecule has 0 aliphatic heterocycles. The van der Waals surface area contributed by atoms with E-state index in [0.29, 0.717) is 25.6 Å². The molecule has 0 saturated heterocycles. The Morgan fingerprint density at radius 1 is 1.21 bits per heavy atom. The second-order valence-electron chi connectivity index (χ2n) is 3.32. The van der Waals surface area contributed by atoms with Gasteiger partial charge in [0.15, 0.2) is 0 Å². The van der Waals surface area contributed by atoms with Gasteiger partial charge in [-0.25, -0.2) is 0 Å². The molecule has 0 bridgehead atoms. The second-order valence-corrected chi connectivity index (χ2v) is 7.15. The van der Waals surface area contributed by atoms with Crippen molar-refractivity contribution >= 4 is 13.1 Å². The summed E-state index contributed by atoms with van der Waals surface area (Å²) in [6, 6.07) is 0. The van der Waals surface area contributed by atoms with Gasteiger partial charge in [-0.2, -0.15) is 0 Å². The number of rotatable bonds is 7. The molecule has 0 radical (unpaired) electrons. The minimum Gasteiger partial charge on any atom is -0.466 e. The lowest BCUT2D eigenvalue weighted by molar-refractivity contribution is -0.143. The van der Waals surface area contributed by atoms with Crippen molar-refractivity contribution in [3.05, 3.63) is 0 Å². The summed E-state index contributed by atoms with van der Waals surface area (Å²) in [6.45, 7) is 6.13. The summed E-state index contributed by atoms with van der Waals surface area (Å²) in [6.07, 6.45) is 3.26. The van der Waals surface area contributed by atoms with E-state index in [2.05, 4.69) is 0 Å². The molecule has 0 N–H and O–H groups in total. The smallest absolute Gasteiger partial charge is 0.305 e. The van der Waals surface area contributed by atoms with Crippen LogP contribution in [-0.4, -0.2) is 31.1 Å².